The maximum Gasteiger partial charge on any atom is 0.191 e. The fraction of sp³-hybridized carbons (Fsp3) is 0.462. The number of nitrogens with zero attached hydrogens (tertiary/aromatic N) is 5. The fourth-order valence-electron chi connectivity index (χ4n) is 1.81. The Bertz CT molecular complexity index is 567. The largest absolute Gasteiger partial charge is 0.357 e. The van der Waals surface area contributed by atoms with Gasteiger partial charge in [-0.15, -0.1) is 0 Å². The summed E-state index contributed by atoms with van der Waals surface area (Å²) in [4.78, 5) is 4.54. The number of aliphatic imine (C=N–C) groups is 1. The third kappa shape index (κ3) is 3.84. The predicted octanol–water partition coefficient (Wildman–Crippen LogP) is 0.409. The molecule has 0 bridgehead atoms. The van der Waals surface area contributed by atoms with Gasteiger partial charge in [-0.25, -0.2) is 4.99 Å². The molecule has 108 valence electrons. The van der Waals surface area contributed by atoms with E-state index in [0.29, 0.717) is 13.1 Å². The number of nitrogens with one attached hydrogen (secondary N) is 2. The molecule has 0 aliphatic carbocycles. The van der Waals surface area contributed by atoms with Gasteiger partial charge in [0.05, 0.1) is 25.0 Å². The van der Waals surface area contributed by atoms with Gasteiger partial charge in [-0.05, 0) is 13.0 Å². The van der Waals surface area contributed by atoms with Gasteiger partial charge in [0, 0.05) is 38.6 Å². The molecule has 2 rings (SSSR count). The van der Waals surface area contributed by atoms with E-state index in [9.17, 15) is 0 Å². The van der Waals surface area contributed by atoms with E-state index in [0.717, 1.165) is 23.8 Å². The van der Waals surface area contributed by atoms with E-state index in [-0.39, 0.29) is 0 Å². The quantitative estimate of drug-likeness (QED) is 0.612. The summed E-state index contributed by atoms with van der Waals surface area (Å²) in [7, 11) is 3.83. The molecule has 0 aliphatic rings. The van der Waals surface area contributed by atoms with Gasteiger partial charge in [0.15, 0.2) is 5.96 Å². The van der Waals surface area contributed by atoms with Gasteiger partial charge in [0.1, 0.15) is 0 Å². The molecule has 20 heavy (non-hydrogen) atoms. The van der Waals surface area contributed by atoms with Gasteiger partial charge in [-0.3, -0.25) is 9.36 Å². The van der Waals surface area contributed by atoms with E-state index in [4.69, 9.17) is 0 Å². The van der Waals surface area contributed by atoms with Gasteiger partial charge >= 0.3 is 0 Å². The van der Waals surface area contributed by atoms with Gasteiger partial charge in [0.25, 0.3) is 0 Å². The number of hydrogen-bond acceptors (Lipinski definition) is 3. The first-order valence-electron chi connectivity index (χ1n) is 6.65. The van der Waals surface area contributed by atoms with Crippen molar-refractivity contribution in [3.05, 3.63) is 35.9 Å². The van der Waals surface area contributed by atoms with Gasteiger partial charge in [-0.1, -0.05) is 0 Å². The van der Waals surface area contributed by atoms with Crippen LogP contribution in [0.2, 0.25) is 0 Å². The lowest BCUT2D eigenvalue weighted by Crippen LogP contribution is -2.37. The van der Waals surface area contributed by atoms with Crippen molar-refractivity contribution in [2.45, 2.75) is 20.0 Å². The lowest BCUT2D eigenvalue weighted by atomic mass is 10.4. The van der Waals surface area contributed by atoms with Crippen molar-refractivity contribution < 1.29 is 0 Å². The number of hydrogen-bond donors (Lipinski definition) is 2. The van der Waals surface area contributed by atoms with E-state index in [1.807, 2.05) is 44.2 Å². The Balaban J connectivity index is 1.94. The van der Waals surface area contributed by atoms with Crippen molar-refractivity contribution >= 4 is 5.96 Å². The van der Waals surface area contributed by atoms with Crippen molar-refractivity contribution in [2.24, 2.45) is 19.1 Å². The Hall–Kier alpha value is -2.31. The minimum Gasteiger partial charge on any atom is -0.357 e. The molecular formula is C13H21N7. The highest BCUT2D eigenvalue weighted by Crippen LogP contribution is 1.99. The van der Waals surface area contributed by atoms with Crippen molar-refractivity contribution in [1.82, 2.24) is 30.2 Å². The normalized spacial score (nSPS) is 11.7. The fourth-order valence-corrected chi connectivity index (χ4v) is 1.81. The summed E-state index contributed by atoms with van der Waals surface area (Å²) < 4.78 is 3.62. The Morgan fingerprint density at radius 3 is 2.75 bits per heavy atom. The van der Waals surface area contributed by atoms with Crippen LogP contribution in [-0.2, 0) is 27.2 Å². The first-order chi connectivity index (χ1) is 9.69. The average molecular weight is 275 g/mol. The van der Waals surface area contributed by atoms with Crippen molar-refractivity contribution in [1.29, 1.82) is 0 Å². The molecule has 0 radical (unpaired) electrons. The highest BCUT2D eigenvalue weighted by atomic mass is 15.3. The molecule has 2 aromatic rings. The molecule has 0 saturated carbocycles. The first-order valence-corrected chi connectivity index (χ1v) is 6.65. The van der Waals surface area contributed by atoms with E-state index in [1.54, 1.807) is 10.9 Å². The Morgan fingerprint density at radius 1 is 1.30 bits per heavy atom. The van der Waals surface area contributed by atoms with Crippen LogP contribution in [-0.4, -0.2) is 32.1 Å². The van der Waals surface area contributed by atoms with E-state index in [1.165, 1.54) is 0 Å². The number of aryl methyl sites for hydroxylation is 2. The summed E-state index contributed by atoms with van der Waals surface area (Å²) >= 11 is 0. The Morgan fingerprint density at radius 2 is 2.15 bits per heavy atom. The standard InChI is InChI=1S/C13H21N7/c1-4-14-13(15-7-11-8-18-19(2)10-11)16-9-12-5-6-17-20(12)3/h5-6,8,10H,4,7,9H2,1-3H3,(H2,14,15,16). The summed E-state index contributed by atoms with van der Waals surface area (Å²) in [5, 5.41) is 14.8. The second-order valence-electron chi connectivity index (χ2n) is 4.52. The highest BCUT2D eigenvalue weighted by molar-refractivity contribution is 5.79. The van der Waals surface area contributed by atoms with Gasteiger partial charge in [0.2, 0.25) is 0 Å². The molecule has 7 nitrogen and oxygen atoms in total. The van der Waals surface area contributed by atoms with Crippen molar-refractivity contribution in [2.75, 3.05) is 6.54 Å². The summed E-state index contributed by atoms with van der Waals surface area (Å²) in [6.45, 7) is 4.17. The summed E-state index contributed by atoms with van der Waals surface area (Å²) in [5.41, 5.74) is 2.20. The van der Waals surface area contributed by atoms with Crippen LogP contribution in [0.15, 0.2) is 29.6 Å². The lowest BCUT2D eigenvalue weighted by molar-refractivity contribution is 0.685. The highest BCUT2D eigenvalue weighted by Gasteiger charge is 2.02. The second-order valence-corrected chi connectivity index (χ2v) is 4.52. The summed E-state index contributed by atoms with van der Waals surface area (Å²) in [6.07, 6.45) is 5.58. The van der Waals surface area contributed by atoms with Crippen LogP contribution >= 0.6 is 0 Å². The maximum absolute atomic E-state index is 4.54. The van der Waals surface area contributed by atoms with E-state index >= 15 is 0 Å². The van der Waals surface area contributed by atoms with Crippen LogP contribution in [0.25, 0.3) is 0 Å². The molecule has 0 aliphatic heterocycles. The molecule has 7 heteroatoms. The van der Waals surface area contributed by atoms with Crippen molar-refractivity contribution in [3.63, 3.8) is 0 Å². The zero-order valence-electron chi connectivity index (χ0n) is 12.2. The molecule has 2 N–H and O–H groups in total. The van der Waals surface area contributed by atoms with Gasteiger partial charge < -0.3 is 10.6 Å². The van der Waals surface area contributed by atoms with Gasteiger partial charge in [-0.2, -0.15) is 10.2 Å². The minimum absolute atomic E-state index is 0.606. The second kappa shape index (κ2) is 6.74. The number of rotatable bonds is 5. The SMILES string of the molecule is CCNC(=NCc1cnn(C)c1)NCc1ccnn1C. The Kier molecular flexibility index (Phi) is 4.75. The smallest absolute Gasteiger partial charge is 0.191 e. The average Bonchev–Trinajstić information content (AvgIpc) is 3.02. The topological polar surface area (TPSA) is 72.1 Å². The molecule has 0 aromatic carbocycles. The Labute approximate surface area is 118 Å². The number of aromatic nitrogens is 4. The van der Waals surface area contributed by atoms with Crippen LogP contribution in [0.3, 0.4) is 0 Å². The molecule has 0 saturated heterocycles. The molecular weight excluding hydrogens is 254 g/mol. The molecule has 0 unspecified atom stereocenters. The number of guanidine groups is 1. The van der Waals surface area contributed by atoms with E-state index in [2.05, 4.69) is 25.8 Å². The molecule has 0 spiro atoms. The zero-order chi connectivity index (χ0) is 14.4. The summed E-state index contributed by atoms with van der Waals surface area (Å²) in [6, 6.07) is 1.98. The van der Waals surface area contributed by atoms with Crippen LogP contribution in [0.1, 0.15) is 18.2 Å². The van der Waals surface area contributed by atoms with Crippen LogP contribution in [0.5, 0.6) is 0 Å². The molecule has 0 atom stereocenters. The van der Waals surface area contributed by atoms with Crippen LogP contribution in [0.4, 0.5) is 0 Å². The van der Waals surface area contributed by atoms with Crippen LogP contribution in [0, 0.1) is 0 Å². The lowest BCUT2D eigenvalue weighted by Gasteiger charge is -2.11. The van der Waals surface area contributed by atoms with Crippen LogP contribution < -0.4 is 10.6 Å². The molecule has 0 amide bonds. The molecule has 2 aromatic heterocycles. The minimum atomic E-state index is 0.606. The molecule has 2 heterocycles. The third-order valence-electron chi connectivity index (χ3n) is 2.88. The monoisotopic (exact) mass is 275 g/mol. The predicted molar refractivity (Wildman–Crippen MR) is 78.1 cm³/mol. The zero-order valence-corrected chi connectivity index (χ0v) is 12.2. The summed E-state index contributed by atoms with van der Waals surface area (Å²) in [5.74, 6) is 0.789. The molecule has 0 fully saturated rings. The third-order valence-corrected chi connectivity index (χ3v) is 2.88. The van der Waals surface area contributed by atoms with Crippen molar-refractivity contribution in [3.8, 4) is 0 Å². The maximum atomic E-state index is 4.54. The first kappa shape index (κ1) is 14.1. The van der Waals surface area contributed by atoms with E-state index < -0.39 is 0 Å².